The summed E-state index contributed by atoms with van der Waals surface area (Å²) in [5, 5.41) is 0. The monoisotopic (exact) mass is 721 g/mol. The quantitative estimate of drug-likeness (QED) is 0.100. The lowest BCUT2D eigenvalue weighted by Gasteiger charge is -2.38. The van der Waals surface area contributed by atoms with Crippen molar-refractivity contribution in [3.05, 3.63) is 12.3 Å². The molecule has 14 atom stereocenters. The van der Waals surface area contributed by atoms with E-state index in [2.05, 4.69) is 18.2 Å². The summed E-state index contributed by atoms with van der Waals surface area (Å²) in [7, 11) is 0. The fourth-order valence-corrected chi connectivity index (χ4v) is 10.7. The van der Waals surface area contributed by atoms with Gasteiger partial charge in [-0.2, -0.15) is 0 Å². The Morgan fingerprint density at radius 2 is 1.37 bits per heavy atom. The van der Waals surface area contributed by atoms with Gasteiger partial charge < -0.3 is 18.9 Å². The molecule has 1 aliphatic heterocycles. The second-order valence-corrected chi connectivity index (χ2v) is 15.8. The predicted molar refractivity (Wildman–Crippen MR) is 204 cm³/mol. The van der Waals surface area contributed by atoms with E-state index in [0.29, 0.717) is 29.9 Å². The molecule has 0 aromatic carbocycles. The van der Waals surface area contributed by atoms with Crippen LogP contribution in [0.5, 0.6) is 0 Å². The smallest absolute Gasteiger partial charge is 0.312 e. The normalized spacial score (nSPS) is 36.2. The summed E-state index contributed by atoms with van der Waals surface area (Å²) in [4.78, 5) is 46.1. The van der Waals surface area contributed by atoms with Gasteiger partial charge in [-0.05, 0) is 117 Å². The van der Waals surface area contributed by atoms with Crippen molar-refractivity contribution in [2.75, 3.05) is 6.61 Å². The fourth-order valence-electron chi connectivity index (χ4n) is 10.7. The molecule has 0 N–H and O–H groups in total. The first-order chi connectivity index (χ1) is 22.5. The highest BCUT2D eigenvalue weighted by Crippen LogP contribution is 2.67. The zero-order valence-corrected chi connectivity index (χ0v) is 29.7. The molecule has 1 saturated heterocycles. The third-order valence-electron chi connectivity index (χ3n) is 13.3. The maximum Gasteiger partial charge on any atom is 0.312 e. The second kappa shape index (κ2) is 20.2. The molecule has 0 radical (unpaired) electrons. The summed E-state index contributed by atoms with van der Waals surface area (Å²) in [6, 6.07) is 0. The Morgan fingerprint density at radius 3 is 1.96 bits per heavy atom. The Kier molecular flexibility index (Phi) is 18.5. The van der Waals surface area contributed by atoms with Crippen LogP contribution in [-0.2, 0) is 38.1 Å². The highest BCUT2D eigenvalue weighted by Gasteiger charge is 2.63. The Morgan fingerprint density at radius 1 is 0.765 bits per heavy atom. The summed E-state index contributed by atoms with van der Waals surface area (Å²) in [6.07, 6.45) is 14.4. The molecular weight excluding hydrogens is 644 g/mol. The minimum absolute atomic E-state index is 0. The van der Waals surface area contributed by atoms with E-state index in [1.54, 1.807) is 0 Å². The molecule has 1 heterocycles. The molecule has 6 aliphatic carbocycles. The number of hydrogen-bond donors (Lipinski definition) is 0. The molecule has 7 rings (SSSR count). The van der Waals surface area contributed by atoms with Crippen molar-refractivity contribution in [2.45, 2.75) is 161 Å². The summed E-state index contributed by atoms with van der Waals surface area (Å²) in [5.74, 6) is 6.83. The van der Waals surface area contributed by atoms with Gasteiger partial charge in [0.25, 0.3) is 0 Å². The molecule has 51 heavy (non-hydrogen) atoms. The standard InChI is InChI=1S/C17H26O2.C16H24O4.C6H10O2.4CH4/c1-3-9(2)17(18)19-14-8-12-7-13(14)16-11-5-4-10(6-11)15(12)16;1-3-9(2)15(17)19-8-13-12-7-14(20-16(13)18)11-6-4-5-10(11)12;1-4-5(2)8-6(3)7;;;;/h9-16H,3-8H2,1-2H3;9-14H,3-8H2,1-2H3;2,4H2,1,3H3;4*1H4. The van der Waals surface area contributed by atoms with Crippen molar-refractivity contribution >= 4 is 23.9 Å². The first-order valence-electron chi connectivity index (χ1n) is 18.9. The number of allylic oxidation sites excluding steroid dienone is 1. The van der Waals surface area contributed by atoms with E-state index in [-0.39, 0.29) is 90.2 Å². The summed E-state index contributed by atoms with van der Waals surface area (Å²) in [6.45, 7) is 14.8. The van der Waals surface area contributed by atoms with Crippen molar-refractivity contribution in [1.82, 2.24) is 0 Å². The second-order valence-electron chi connectivity index (χ2n) is 15.8. The molecule has 0 aromatic heterocycles. The van der Waals surface area contributed by atoms with E-state index in [1.807, 2.05) is 27.7 Å². The van der Waals surface area contributed by atoms with E-state index < -0.39 is 0 Å². The zero-order valence-electron chi connectivity index (χ0n) is 29.7. The van der Waals surface area contributed by atoms with E-state index >= 15 is 0 Å². The molecule has 0 aromatic rings. The van der Waals surface area contributed by atoms with E-state index in [4.69, 9.17) is 14.2 Å². The van der Waals surface area contributed by atoms with Gasteiger partial charge in [-0.3, -0.25) is 19.2 Å². The largest absolute Gasteiger partial charge is 0.465 e. The molecule has 7 fully saturated rings. The average Bonchev–Trinajstić information content (AvgIpc) is 3.90. The van der Waals surface area contributed by atoms with Crippen LogP contribution < -0.4 is 0 Å². The van der Waals surface area contributed by atoms with Gasteiger partial charge in [0, 0.05) is 13.3 Å². The topological polar surface area (TPSA) is 105 Å². The van der Waals surface area contributed by atoms with Crippen LogP contribution in [0.15, 0.2) is 12.3 Å². The minimum Gasteiger partial charge on any atom is -0.465 e. The third-order valence-corrected chi connectivity index (χ3v) is 13.3. The van der Waals surface area contributed by atoms with Crippen molar-refractivity contribution in [3.63, 3.8) is 0 Å². The number of rotatable bonds is 9. The highest BCUT2D eigenvalue weighted by atomic mass is 16.6. The lowest BCUT2D eigenvalue weighted by atomic mass is 9.70. The van der Waals surface area contributed by atoms with Crippen LogP contribution in [0.1, 0.15) is 148 Å². The van der Waals surface area contributed by atoms with Crippen molar-refractivity contribution < 1.29 is 38.1 Å². The maximum absolute atomic E-state index is 12.1. The Hall–Kier alpha value is -2.38. The third kappa shape index (κ3) is 9.99. The molecule has 6 saturated carbocycles. The minimum atomic E-state index is -0.295. The van der Waals surface area contributed by atoms with Gasteiger partial charge in [0.1, 0.15) is 24.6 Å². The number of esters is 4. The predicted octanol–water partition coefficient (Wildman–Crippen LogP) is 10.2. The number of fused-ring (bicyclic) bond motifs is 14. The molecule has 8 nitrogen and oxygen atoms in total. The van der Waals surface area contributed by atoms with Crippen molar-refractivity contribution in [2.24, 2.45) is 71.0 Å². The number of carbonyl (C=O) groups excluding carboxylic acids is 4. The average molecular weight is 721 g/mol. The van der Waals surface area contributed by atoms with Crippen LogP contribution in [0.3, 0.4) is 0 Å². The summed E-state index contributed by atoms with van der Waals surface area (Å²) < 4.78 is 21.4. The lowest BCUT2D eigenvalue weighted by molar-refractivity contribution is -0.168. The number of carbonyl (C=O) groups is 4. The molecule has 8 heteroatoms. The van der Waals surface area contributed by atoms with Gasteiger partial charge in [0.2, 0.25) is 0 Å². The summed E-state index contributed by atoms with van der Waals surface area (Å²) >= 11 is 0. The first kappa shape index (κ1) is 46.6. The first-order valence-corrected chi connectivity index (χ1v) is 18.9. The Balaban J connectivity index is 0.000000398. The molecule has 6 bridgehead atoms. The Labute approximate surface area is 311 Å². The van der Waals surface area contributed by atoms with Gasteiger partial charge in [-0.25, -0.2) is 0 Å². The van der Waals surface area contributed by atoms with Gasteiger partial charge in [-0.1, -0.05) is 77.3 Å². The molecule has 0 amide bonds. The van der Waals surface area contributed by atoms with Crippen LogP contribution in [0.4, 0.5) is 0 Å². The maximum atomic E-state index is 12.1. The lowest BCUT2D eigenvalue weighted by Crippen LogP contribution is -2.38. The highest BCUT2D eigenvalue weighted by molar-refractivity contribution is 5.76. The van der Waals surface area contributed by atoms with Crippen molar-refractivity contribution in [1.29, 1.82) is 0 Å². The zero-order chi connectivity index (χ0) is 34.0. The Bertz CT molecular complexity index is 1160. The molecule has 7 aliphatic rings. The SMILES string of the molecule is C.C.C.C.C=C(CC)OC(C)=O.CCC(C)C(=O)OC1CC2CC1C1C3CCC(C3)C21.CCC(C)C(=O)OCC1C(=O)OC2CC1C1CCCC21. The van der Waals surface area contributed by atoms with Crippen LogP contribution in [0.25, 0.3) is 0 Å². The van der Waals surface area contributed by atoms with E-state index in [0.717, 1.165) is 54.8 Å². The molecule has 0 spiro atoms. The van der Waals surface area contributed by atoms with Gasteiger partial charge in [-0.15, -0.1) is 0 Å². The van der Waals surface area contributed by atoms with Gasteiger partial charge >= 0.3 is 23.9 Å². The van der Waals surface area contributed by atoms with Crippen LogP contribution >= 0.6 is 0 Å². The van der Waals surface area contributed by atoms with Crippen LogP contribution in [0.2, 0.25) is 0 Å². The molecule has 296 valence electrons. The van der Waals surface area contributed by atoms with E-state index in [9.17, 15) is 19.2 Å². The number of ether oxygens (including phenoxy) is 4. The molecule has 14 unspecified atom stereocenters. The van der Waals surface area contributed by atoms with E-state index in [1.165, 1.54) is 58.3 Å². The van der Waals surface area contributed by atoms with Gasteiger partial charge in [0.05, 0.1) is 17.8 Å². The van der Waals surface area contributed by atoms with Crippen molar-refractivity contribution in [3.8, 4) is 0 Å². The van der Waals surface area contributed by atoms with Crippen LogP contribution in [-0.4, -0.2) is 42.7 Å². The summed E-state index contributed by atoms with van der Waals surface area (Å²) in [5.41, 5.74) is 0. The fraction of sp³-hybridized carbons (Fsp3) is 0.860. The number of hydrogen-bond acceptors (Lipinski definition) is 8. The van der Waals surface area contributed by atoms with Gasteiger partial charge in [0.15, 0.2) is 0 Å². The van der Waals surface area contributed by atoms with Crippen LogP contribution in [0, 0.1) is 71.0 Å². The molecular formula is C43H76O8.